The summed E-state index contributed by atoms with van der Waals surface area (Å²) in [6.45, 7) is 4.47. The van der Waals surface area contributed by atoms with E-state index in [1.165, 1.54) is 35.3 Å². The number of esters is 1. The Balaban J connectivity index is 1.50. The maximum absolute atomic E-state index is 13.3. The number of ether oxygens (including phenoxy) is 1. The third kappa shape index (κ3) is 3.59. The maximum Gasteiger partial charge on any atom is 0.341 e. The molecule has 0 radical (unpaired) electrons. The molecule has 5 rings (SSSR count). The first-order valence-corrected chi connectivity index (χ1v) is 12.7. The normalized spacial score (nSPS) is 20.0. The first kappa shape index (κ1) is 21.4. The molecule has 6 nitrogen and oxygen atoms in total. The lowest BCUT2D eigenvalue weighted by molar-refractivity contribution is 0.0601. The molecule has 0 fully saturated rings. The molecule has 2 aliphatic carbocycles. The molecule has 3 N–H and O–H groups in total. The van der Waals surface area contributed by atoms with Gasteiger partial charge in [0.1, 0.15) is 14.7 Å². The minimum atomic E-state index is -0.403. The van der Waals surface area contributed by atoms with Crippen LogP contribution in [0.15, 0.2) is 6.07 Å². The summed E-state index contributed by atoms with van der Waals surface area (Å²) in [5, 5.41) is 4.38. The molecule has 3 aromatic rings. The number of carbonyl (C=O) groups is 2. The highest BCUT2D eigenvalue weighted by Gasteiger charge is 2.30. The van der Waals surface area contributed by atoms with Gasteiger partial charge in [-0.1, -0.05) is 13.8 Å². The van der Waals surface area contributed by atoms with Gasteiger partial charge in [0.15, 0.2) is 0 Å². The van der Waals surface area contributed by atoms with Crippen molar-refractivity contribution >= 4 is 55.5 Å². The summed E-state index contributed by atoms with van der Waals surface area (Å²) in [6.07, 6.45) is 5.87. The molecule has 2 unspecified atom stereocenters. The molecule has 8 heteroatoms. The second-order valence-electron chi connectivity index (χ2n) is 9.14. The largest absolute Gasteiger partial charge is 0.465 e. The Kier molecular flexibility index (Phi) is 5.45. The second kappa shape index (κ2) is 8.15. The molecule has 0 saturated carbocycles. The van der Waals surface area contributed by atoms with E-state index < -0.39 is 5.97 Å². The average Bonchev–Trinajstić information content (AvgIpc) is 3.28. The second-order valence-corrected chi connectivity index (χ2v) is 11.2. The van der Waals surface area contributed by atoms with E-state index in [0.29, 0.717) is 33.0 Å². The Morgan fingerprint density at radius 1 is 1.16 bits per heavy atom. The predicted molar refractivity (Wildman–Crippen MR) is 130 cm³/mol. The van der Waals surface area contributed by atoms with Crippen molar-refractivity contribution in [3.8, 4) is 0 Å². The molecule has 0 aromatic carbocycles. The first-order chi connectivity index (χ1) is 15.4. The fourth-order valence-corrected chi connectivity index (χ4v) is 7.24. The van der Waals surface area contributed by atoms with Gasteiger partial charge in [-0.15, -0.1) is 22.7 Å². The number of nitrogens with two attached hydrogens (primary N) is 1. The average molecular weight is 470 g/mol. The van der Waals surface area contributed by atoms with Crippen molar-refractivity contribution in [1.29, 1.82) is 0 Å². The fourth-order valence-electron chi connectivity index (χ4n) is 4.86. The third-order valence-corrected chi connectivity index (χ3v) is 8.95. The number of nitrogens with one attached hydrogen (secondary N) is 1. The number of hydrogen-bond donors (Lipinski definition) is 2. The Hall–Kier alpha value is -2.45. The first-order valence-electron chi connectivity index (χ1n) is 11.1. The van der Waals surface area contributed by atoms with Gasteiger partial charge in [0.2, 0.25) is 0 Å². The molecule has 3 aromatic heterocycles. The van der Waals surface area contributed by atoms with Crippen molar-refractivity contribution in [3.63, 3.8) is 0 Å². The lowest BCUT2D eigenvalue weighted by Gasteiger charge is -2.20. The van der Waals surface area contributed by atoms with Gasteiger partial charge in [-0.25, -0.2) is 9.78 Å². The highest BCUT2D eigenvalue weighted by atomic mass is 32.1. The van der Waals surface area contributed by atoms with E-state index in [0.717, 1.165) is 64.9 Å². The number of anilines is 2. The summed E-state index contributed by atoms with van der Waals surface area (Å²) >= 11 is 2.80. The molecule has 168 valence electrons. The van der Waals surface area contributed by atoms with E-state index in [2.05, 4.69) is 25.2 Å². The molecule has 2 aliphatic rings. The number of methoxy groups -OCH3 is 1. The smallest absolute Gasteiger partial charge is 0.341 e. The number of nitrogen functional groups attached to an aromatic ring is 1. The monoisotopic (exact) mass is 469 g/mol. The zero-order chi connectivity index (χ0) is 22.6. The molecule has 3 heterocycles. The van der Waals surface area contributed by atoms with Crippen molar-refractivity contribution in [2.45, 2.75) is 52.4 Å². The van der Waals surface area contributed by atoms with E-state index >= 15 is 0 Å². The lowest BCUT2D eigenvalue weighted by atomic mass is 9.87. The summed E-state index contributed by atoms with van der Waals surface area (Å²) in [6, 6.07) is 2.11. The minimum Gasteiger partial charge on any atom is -0.465 e. The molecular formula is C24H27N3O3S2. The van der Waals surface area contributed by atoms with Crippen LogP contribution in [0.4, 0.5) is 10.7 Å². The highest BCUT2D eigenvalue weighted by Crippen LogP contribution is 2.41. The number of carbonyl (C=O) groups excluding carboxylic acids is 2. The number of pyridine rings is 1. The van der Waals surface area contributed by atoms with Crippen LogP contribution in [0.5, 0.6) is 0 Å². The number of rotatable bonds is 3. The van der Waals surface area contributed by atoms with Crippen molar-refractivity contribution in [1.82, 2.24) is 4.98 Å². The van der Waals surface area contributed by atoms with Crippen LogP contribution < -0.4 is 11.1 Å². The van der Waals surface area contributed by atoms with Crippen LogP contribution in [-0.4, -0.2) is 24.0 Å². The Labute approximate surface area is 195 Å². The SMILES string of the molecule is COC(=O)c1c(NC(=O)c2sc3nc4c(cc3c2N)CC(C)CC4)sc2c1CCC(C)C2. The lowest BCUT2D eigenvalue weighted by Crippen LogP contribution is -2.16. The van der Waals surface area contributed by atoms with Gasteiger partial charge >= 0.3 is 5.97 Å². The Bertz CT molecular complexity index is 1240. The van der Waals surface area contributed by atoms with E-state index in [1.807, 2.05) is 0 Å². The molecule has 0 bridgehead atoms. The highest BCUT2D eigenvalue weighted by molar-refractivity contribution is 7.21. The molecule has 0 spiro atoms. The quantitative estimate of drug-likeness (QED) is 0.512. The van der Waals surface area contributed by atoms with Crippen molar-refractivity contribution < 1.29 is 14.3 Å². The van der Waals surface area contributed by atoms with Gasteiger partial charge in [-0.3, -0.25) is 4.79 Å². The third-order valence-electron chi connectivity index (χ3n) is 6.67. The van der Waals surface area contributed by atoms with Gasteiger partial charge in [0, 0.05) is 16.0 Å². The van der Waals surface area contributed by atoms with Gasteiger partial charge in [0.05, 0.1) is 18.4 Å². The number of amides is 1. The molecule has 32 heavy (non-hydrogen) atoms. The minimum absolute atomic E-state index is 0.298. The van der Waals surface area contributed by atoms with Gasteiger partial charge in [-0.05, 0) is 67.6 Å². The van der Waals surface area contributed by atoms with Crippen molar-refractivity contribution in [2.24, 2.45) is 11.8 Å². The number of aromatic nitrogens is 1. The summed E-state index contributed by atoms with van der Waals surface area (Å²) in [7, 11) is 1.38. The maximum atomic E-state index is 13.3. The number of nitrogens with zero attached hydrogens (tertiary/aromatic N) is 1. The van der Waals surface area contributed by atoms with Crippen LogP contribution in [0.25, 0.3) is 10.2 Å². The summed E-state index contributed by atoms with van der Waals surface area (Å²) in [4.78, 5) is 33.0. The van der Waals surface area contributed by atoms with E-state index in [4.69, 9.17) is 15.5 Å². The zero-order valence-electron chi connectivity index (χ0n) is 18.5. The molecule has 0 saturated heterocycles. The topological polar surface area (TPSA) is 94.3 Å². The summed E-state index contributed by atoms with van der Waals surface area (Å²) in [5.74, 6) is 0.496. The van der Waals surface area contributed by atoms with Crippen molar-refractivity contribution in [2.75, 3.05) is 18.2 Å². The summed E-state index contributed by atoms with van der Waals surface area (Å²) < 4.78 is 5.04. The number of thiophene rings is 2. The van der Waals surface area contributed by atoms with Crippen LogP contribution in [0.2, 0.25) is 0 Å². The Morgan fingerprint density at radius 3 is 2.69 bits per heavy atom. The molecule has 0 aliphatic heterocycles. The zero-order valence-corrected chi connectivity index (χ0v) is 20.2. The van der Waals surface area contributed by atoms with Crippen LogP contribution in [0.1, 0.15) is 68.4 Å². The van der Waals surface area contributed by atoms with Crippen LogP contribution in [-0.2, 0) is 30.4 Å². The summed E-state index contributed by atoms with van der Waals surface area (Å²) in [5.41, 5.74) is 10.8. The van der Waals surface area contributed by atoms with Gasteiger partial charge < -0.3 is 15.8 Å². The predicted octanol–water partition coefficient (Wildman–Crippen LogP) is 5.23. The number of aryl methyl sites for hydroxylation is 1. The van der Waals surface area contributed by atoms with Gasteiger partial charge in [-0.2, -0.15) is 0 Å². The fraction of sp³-hybridized carbons (Fsp3) is 0.458. The van der Waals surface area contributed by atoms with Crippen LogP contribution in [0, 0.1) is 11.8 Å². The molecular weight excluding hydrogens is 442 g/mol. The van der Waals surface area contributed by atoms with Crippen LogP contribution in [0.3, 0.4) is 0 Å². The van der Waals surface area contributed by atoms with E-state index in [1.54, 1.807) is 0 Å². The van der Waals surface area contributed by atoms with Crippen LogP contribution >= 0.6 is 22.7 Å². The Morgan fingerprint density at radius 2 is 1.91 bits per heavy atom. The van der Waals surface area contributed by atoms with E-state index in [9.17, 15) is 9.59 Å². The standard InChI is InChI=1S/C24H27N3O3S2/c1-11-5-7-16-13(8-11)10-15-19(25)20(32-22(15)26-16)21(28)27-23-18(24(29)30-3)14-6-4-12(2)9-17(14)31-23/h10-12H,4-9,25H2,1-3H3,(H,27,28). The molecule has 2 atom stereocenters. The van der Waals surface area contributed by atoms with E-state index in [-0.39, 0.29) is 5.91 Å². The van der Waals surface area contributed by atoms with Crippen molar-refractivity contribution in [3.05, 3.63) is 38.2 Å². The van der Waals surface area contributed by atoms with Gasteiger partial charge in [0.25, 0.3) is 5.91 Å². The molecule has 1 amide bonds. The number of hydrogen-bond acceptors (Lipinski definition) is 7. The number of fused-ring (bicyclic) bond motifs is 3.